The molecule has 1 aliphatic heterocycles. The van der Waals surface area contributed by atoms with Crippen LogP contribution in [0.15, 0.2) is 95.8 Å². The largest absolute Gasteiger partial charge is 0.457 e. The monoisotopic (exact) mass is 827 g/mol. The lowest BCUT2D eigenvalue weighted by Crippen LogP contribution is -2.42. The summed E-state index contributed by atoms with van der Waals surface area (Å²) in [6.45, 7) is 10.3. The first-order valence-electron chi connectivity index (χ1n) is 20.6. The number of carbonyl (C=O) groups is 2. The van der Waals surface area contributed by atoms with E-state index in [-0.39, 0.29) is 11.4 Å². The summed E-state index contributed by atoms with van der Waals surface area (Å²) in [7, 11) is 0. The Morgan fingerprint density at radius 3 is 1.59 bits per heavy atom. The number of fused-ring (bicyclic) bond motifs is 6. The van der Waals surface area contributed by atoms with Crippen molar-refractivity contribution in [2.75, 3.05) is 6.54 Å². The van der Waals surface area contributed by atoms with Gasteiger partial charge in [0.25, 0.3) is 0 Å². The molecule has 0 radical (unpaired) electrons. The first kappa shape index (κ1) is 45.1. The number of aromatic nitrogens is 2. The maximum absolute atomic E-state index is 13.5. The number of nitrogens with zero attached hydrogens (tertiary/aromatic N) is 2. The molecule has 58 heavy (non-hydrogen) atoms. The van der Waals surface area contributed by atoms with Crippen LogP contribution in [0.2, 0.25) is 0 Å². The summed E-state index contributed by atoms with van der Waals surface area (Å²) in [5.41, 5.74) is 4.62. The van der Waals surface area contributed by atoms with Gasteiger partial charge in [-0.1, -0.05) is 126 Å². The van der Waals surface area contributed by atoms with Gasteiger partial charge in [0.1, 0.15) is 22.2 Å². The second-order valence-corrected chi connectivity index (χ2v) is 18.4. The Morgan fingerprint density at radius 2 is 1.16 bits per heavy atom. The van der Waals surface area contributed by atoms with Crippen LogP contribution < -0.4 is 5.73 Å². The van der Waals surface area contributed by atoms with Crippen LogP contribution in [0.3, 0.4) is 0 Å². The van der Waals surface area contributed by atoms with Gasteiger partial charge in [-0.25, -0.2) is 19.6 Å². The van der Waals surface area contributed by atoms with Crippen molar-refractivity contribution in [1.82, 2.24) is 9.97 Å². The number of cyclic esters (lactones) is 2. The molecule has 2 aromatic rings. The molecule has 0 unspecified atom stereocenters. The number of aliphatic hydroxyl groups excluding tert-OH is 2. The number of esters is 2. The molecule has 312 valence electrons. The molecule has 3 aliphatic rings. The predicted molar refractivity (Wildman–Crippen MR) is 236 cm³/mol. The molecule has 5 rings (SSSR count). The van der Waals surface area contributed by atoms with E-state index >= 15 is 0 Å². The molecule has 3 heterocycles. The second-order valence-electron chi connectivity index (χ2n) is 16.6. The number of nitrogens with two attached hydrogens (primary N) is 1. The van der Waals surface area contributed by atoms with Gasteiger partial charge in [0.15, 0.2) is 11.4 Å². The van der Waals surface area contributed by atoms with Gasteiger partial charge < -0.3 is 25.4 Å². The molecule has 4 N–H and O–H groups in total. The van der Waals surface area contributed by atoms with Crippen molar-refractivity contribution in [3.8, 4) is 0 Å². The normalized spacial score (nSPS) is 29.2. The third-order valence-corrected chi connectivity index (χ3v) is 12.9. The number of thiazole rings is 2. The molecule has 4 bridgehead atoms. The van der Waals surface area contributed by atoms with Crippen LogP contribution in [-0.4, -0.2) is 63.1 Å². The number of hydrogen-bond donors (Lipinski definition) is 3. The van der Waals surface area contributed by atoms with E-state index in [1.165, 1.54) is 22.7 Å². The van der Waals surface area contributed by atoms with Gasteiger partial charge in [0.05, 0.1) is 12.2 Å². The number of unbranched alkanes of at least 4 members (excludes halogenated alkanes) is 1. The van der Waals surface area contributed by atoms with E-state index in [2.05, 4.69) is 53.3 Å². The molecule has 2 saturated carbocycles. The Balaban J connectivity index is 1.35. The summed E-state index contributed by atoms with van der Waals surface area (Å²) < 4.78 is 12.2. The van der Waals surface area contributed by atoms with E-state index in [0.29, 0.717) is 59.5 Å². The summed E-state index contributed by atoms with van der Waals surface area (Å²) >= 11 is 2.75. The third kappa shape index (κ3) is 13.0. The highest BCUT2D eigenvalue weighted by molar-refractivity contribution is 7.11. The van der Waals surface area contributed by atoms with E-state index in [4.69, 9.17) is 15.2 Å². The van der Waals surface area contributed by atoms with Crippen LogP contribution in [0, 0.1) is 34.5 Å². The Bertz CT molecular complexity index is 1780. The zero-order chi connectivity index (χ0) is 41.7. The van der Waals surface area contributed by atoms with Crippen molar-refractivity contribution in [3.05, 3.63) is 117 Å². The maximum atomic E-state index is 13.5. The van der Waals surface area contributed by atoms with Crippen LogP contribution in [0.4, 0.5) is 0 Å². The van der Waals surface area contributed by atoms with Crippen LogP contribution in [0.5, 0.6) is 0 Å². The van der Waals surface area contributed by atoms with Crippen LogP contribution in [0.1, 0.15) is 111 Å². The zero-order valence-electron chi connectivity index (χ0n) is 34.5. The molecule has 0 amide bonds. The number of carbonyl (C=O) groups excluding carboxylic acids is 2. The first-order valence-corrected chi connectivity index (χ1v) is 22.3. The lowest BCUT2D eigenvalue weighted by atomic mass is 9.78. The molecule has 0 saturated heterocycles. The predicted octanol–water partition coefficient (Wildman–Crippen LogP) is 9.70. The number of rotatable bonds is 10. The Morgan fingerprint density at radius 1 is 0.724 bits per heavy atom. The standard InChI is InChI=1S/C47H61N3O6S2/c1-6-7-8-21-38(51)46(2,3)40-23-15-19-34-28-32(34)17-9-12-26-43-50-37(31-58-43)45(54)56-41(47(4,5)39(52)22-13-14-27-48)24-16-20-35-29-33(35)18-10-11-25-42-49-36(30-57-42)44(53)55-40/h8-13,15-22,25-26,30-35,38-41,51-52H,6-7,14,23-24,27-29,48H2,1-5H3/b17-9+,18-10+,19-15-,20-16-,21-8+,22-13+,25-11-,26-12-/t32-,33-,34+,35+,38+,39+,40+,41+/m1/s1. The highest BCUT2D eigenvalue weighted by Gasteiger charge is 2.40. The fraction of sp³-hybridized carbons (Fsp3) is 0.489. The number of allylic oxidation sites excluding steroid dienone is 9. The van der Waals surface area contributed by atoms with Crippen molar-refractivity contribution in [2.45, 2.75) is 104 Å². The summed E-state index contributed by atoms with van der Waals surface area (Å²) in [5.74, 6) is 0.480. The number of aliphatic hydroxyl groups is 2. The second kappa shape index (κ2) is 21.3. The van der Waals surface area contributed by atoms with E-state index in [0.717, 1.165) is 25.7 Å². The third-order valence-electron chi connectivity index (χ3n) is 11.2. The zero-order valence-corrected chi connectivity index (χ0v) is 36.1. The summed E-state index contributed by atoms with van der Waals surface area (Å²) in [6, 6.07) is 0. The Hall–Kier alpha value is -4.00. The quantitative estimate of drug-likeness (QED) is 0.158. The smallest absolute Gasteiger partial charge is 0.358 e. The Kier molecular flexibility index (Phi) is 16.6. The minimum absolute atomic E-state index is 0.240. The Labute approximate surface area is 352 Å². The van der Waals surface area contributed by atoms with Crippen molar-refractivity contribution < 1.29 is 29.3 Å². The van der Waals surface area contributed by atoms with Gasteiger partial charge in [-0.05, 0) is 68.1 Å². The number of ether oxygens (including phenoxy) is 2. The van der Waals surface area contributed by atoms with E-state index < -0.39 is 47.2 Å². The van der Waals surface area contributed by atoms with E-state index in [1.54, 1.807) is 16.8 Å². The van der Waals surface area contributed by atoms with Gasteiger partial charge in [0, 0.05) is 34.4 Å². The fourth-order valence-corrected chi connectivity index (χ4v) is 8.07. The van der Waals surface area contributed by atoms with Gasteiger partial charge in [-0.15, -0.1) is 22.7 Å². The van der Waals surface area contributed by atoms with Crippen LogP contribution in [0.25, 0.3) is 12.2 Å². The molecular weight excluding hydrogens is 767 g/mol. The molecule has 0 spiro atoms. The van der Waals surface area contributed by atoms with Gasteiger partial charge in [-0.3, -0.25) is 0 Å². The topological polar surface area (TPSA) is 145 Å². The average molecular weight is 828 g/mol. The molecule has 11 heteroatoms. The van der Waals surface area contributed by atoms with Gasteiger partial charge >= 0.3 is 11.9 Å². The van der Waals surface area contributed by atoms with Crippen molar-refractivity contribution >= 4 is 46.8 Å². The van der Waals surface area contributed by atoms with Crippen LogP contribution in [-0.2, 0) is 9.47 Å². The minimum Gasteiger partial charge on any atom is -0.457 e. The number of hydrogen-bond acceptors (Lipinski definition) is 11. The van der Waals surface area contributed by atoms with Crippen molar-refractivity contribution in [1.29, 1.82) is 0 Å². The van der Waals surface area contributed by atoms with Crippen molar-refractivity contribution in [2.24, 2.45) is 40.2 Å². The molecule has 9 nitrogen and oxygen atoms in total. The molecule has 2 aliphatic carbocycles. The summed E-state index contributed by atoms with van der Waals surface area (Å²) in [4.78, 5) is 36.0. The average Bonchev–Trinajstić information content (AvgIpc) is 3.99. The first-order chi connectivity index (χ1) is 27.8. The lowest BCUT2D eigenvalue weighted by Gasteiger charge is -2.36. The molecule has 0 aromatic carbocycles. The van der Waals surface area contributed by atoms with E-state index in [9.17, 15) is 19.8 Å². The summed E-state index contributed by atoms with van der Waals surface area (Å²) in [6.07, 6.45) is 34.4. The van der Waals surface area contributed by atoms with Crippen molar-refractivity contribution in [3.63, 3.8) is 0 Å². The molecule has 2 aromatic heterocycles. The van der Waals surface area contributed by atoms with Crippen LogP contribution >= 0.6 is 22.7 Å². The summed E-state index contributed by atoms with van der Waals surface area (Å²) in [5, 5.41) is 27.1. The van der Waals surface area contributed by atoms with Gasteiger partial charge in [0.2, 0.25) is 0 Å². The lowest BCUT2D eigenvalue weighted by molar-refractivity contribution is -0.0461. The fourth-order valence-electron chi connectivity index (χ4n) is 6.69. The molecule has 2 fully saturated rings. The SMILES string of the molecule is CCC/C=C/[C@H](O)C(C)(C)[C@@H]1C/C=C\[C@H]2C[C@H]2/C=C/C=C\c2nc(cs2)C(=O)O[C@H](C(C)(C)[C@@H](O)/C=C/CCN)C/C=C\[C@H]2C[C@H]2/C=C/C=C\c2nc(cs2)C(=O)O1. The highest BCUT2D eigenvalue weighted by Crippen LogP contribution is 2.42. The molecular formula is C47H61N3O6S2. The highest BCUT2D eigenvalue weighted by atomic mass is 32.1. The van der Waals surface area contributed by atoms with E-state index in [1.807, 2.05) is 82.4 Å². The molecule has 8 atom stereocenters. The van der Waals surface area contributed by atoms with Gasteiger partial charge in [-0.2, -0.15) is 0 Å². The maximum Gasteiger partial charge on any atom is 0.358 e. The minimum atomic E-state index is -0.848.